The fourth-order valence-electron chi connectivity index (χ4n) is 1.91. The number of aromatic nitrogens is 2. The summed E-state index contributed by atoms with van der Waals surface area (Å²) in [5.74, 6) is 0.362. The van der Waals surface area contributed by atoms with Crippen LogP contribution >= 0.6 is 31.9 Å². The Kier molecular flexibility index (Phi) is 3.30. The lowest BCUT2D eigenvalue weighted by molar-refractivity contribution is 0.628. The van der Waals surface area contributed by atoms with Crippen LogP contribution in [0.5, 0.6) is 0 Å². The Hall–Kier alpha value is -1.01. The number of nitrogens with zero attached hydrogens (tertiary/aromatic N) is 1. The van der Waals surface area contributed by atoms with Gasteiger partial charge in [0.05, 0.1) is 5.69 Å². The van der Waals surface area contributed by atoms with Crippen molar-refractivity contribution >= 4 is 31.9 Å². The predicted octanol–water partition coefficient (Wildman–Crippen LogP) is 3.98. The molecule has 1 aliphatic rings. The van der Waals surface area contributed by atoms with Crippen LogP contribution in [-0.2, 0) is 0 Å². The number of hydrogen-bond acceptors (Lipinski definition) is 2. The fourth-order valence-corrected chi connectivity index (χ4v) is 2.86. The summed E-state index contributed by atoms with van der Waals surface area (Å²) in [7, 11) is 0. The Balaban J connectivity index is 2.20. The largest absolute Gasteiger partial charge is 0.305 e. The molecule has 19 heavy (non-hydrogen) atoms. The lowest BCUT2D eigenvalue weighted by Gasteiger charge is -2.07. The average Bonchev–Trinajstić information content (AvgIpc) is 3.20. The minimum absolute atomic E-state index is 0.233. The number of hydrogen-bond donors (Lipinski definition) is 1. The summed E-state index contributed by atoms with van der Waals surface area (Å²) in [4.78, 5) is 19.1. The topological polar surface area (TPSA) is 45.8 Å². The van der Waals surface area contributed by atoms with Gasteiger partial charge in [0.25, 0.3) is 5.56 Å². The zero-order chi connectivity index (χ0) is 13.6. The monoisotopic (exact) mass is 386 g/mol. The van der Waals surface area contributed by atoms with E-state index < -0.39 is 0 Å². The molecule has 0 bridgehead atoms. The number of aromatic amines is 1. The van der Waals surface area contributed by atoms with E-state index in [1.54, 1.807) is 6.07 Å². The van der Waals surface area contributed by atoms with Gasteiger partial charge in [0.1, 0.15) is 16.1 Å². The highest BCUT2D eigenvalue weighted by molar-refractivity contribution is 9.10. The molecule has 1 heterocycles. The molecule has 0 radical (unpaired) electrons. The average molecular weight is 388 g/mol. The third-order valence-corrected chi connectivity index (χ3v) is 4.49. The second kappa shape index (κ2) is 4.83. The minimum atomic E-state index is -0.364. The number of benzene rings is 1. The van der Waals surface area contributed by atoms with Crippen molar-refractivity contribution in [2.24, 2.45) is 0 Å². The Morgan fingerprint density at radius 3 is 2.74 bits per heavy atom. The lowest BCUT2D eigenvalue weighted by atomic mass is 10.2. The van der Waals surface area contributed by atoms with E-state index in [1.807, 2.05) is 0 Å². The van der Waals surface area contributed by atoms with E-state index in [0.717, 1.165) is 18.5 Å². The van der Waals surface area contributed by atoms with Crippen LogP contribution < -0.4 is 5.56 Å². The second-order valence-corrected chi connectivity index (χ2v) is 6.16. The highest BCUT2D eigenvalue weighted by atomic mass is 79.9. The molecule has 3 rings (SSSR count). The molecule has 0 unspecified atom stereocenters. The molecular weight excluding hydrogens is 379 g/mol. The van der Waals surface area contributed by atoms with Crippen molar-refractivity contribution in [3.63, 3.8) is 0 Å². The SMILES string of the molecule is O=c1[nH]c(-c2cc(F)ccc2Br)nc(C2CC2)c1Br. The summed E-state index contributed by atoms with van der Waals surface area (Å²) < 4.78 is 14.5. The van der Waals surface area contributed by atoms with Gasteiger partial charge in [-0.2, -0.15) is 0 Å². The molecule has 0 spiro atoms. The Morgan fingerprint density at radius 1 is 1.32 bits per heavy atom. The highest BCUT2D eigenvalue weighted by Gasteiger charge is 2.29. The van der Waals surface area contributed by atoms with E-state index in [0.29, 0.717) is 26.3 Å². The van der Waals surface area contributed by atoms with Crippen molar-refractivity contribution < 1.29 is 4.39 Å². The van der Waals surface area contributed by atoms with Gasteiger partial charge in [-0.1, -0.05) is 15.9 Å². The molecule has 2 aromatic rings. The van der Waals surface area contributed by atoms with E-state index in [4.69, 9.17) is 0 Å². The molecule has 0 atom stereocenters. The molecule has 1 aromatic carbocycles. The van der Waals surface area contributed by atoms with E-state index >= 15 is 0 Å². The molecule has 1 aromatic heterocycles. The summed E-state index contributed by atoms with van der Waals surface area (Å²) in [5, 5.41) is 0. The van der Waals surface area contributed by atoms with Crippen molar-refractivity contribution in [3.8, 4) is 11.4 Å². The maximum absolute atomic E-state index is 13.3. The zero-order valence-corrected chi connectivity index (χ0v) is 12.9. The molecule has 0 amide bonds. The Labute approximate surface area is 125 Å². The molecular formula is C13H9Br2FN2O. The maximum Gasteiger partial charge on any atom is 0.265 e. The van der Waals surface area contributed by atoms with E-state index in [9.17, 15) is 9.18 Å². The Morgan fingerprint density at radius 2 is 2.05 bits per heavy atom. The molecule has 98 valence electrons. The molecule has 6 heteroatoms. The van der Waals surface area contributed by atoms with Gasteiger partial charge in [-0.05, 0) is 47.0 Å². The Bertz CT molecular complexity index is 710. The van der Waals surface area contributed by atoms with Gasteiger partial charge in [-0.3, -0.25) is 4.79 Å². The smallest absolute Gasteiger partial charge is 0.265 e. The third kappa shape index (κ3) is 2.51. The molecule has 3 nitrogen and oxygen atoms in total. The molecule has 0 saturated heterocycles. The molecule has 1 N–H and O–H groups in total. The summed E-state index contributed by atoms with van der Waals surface area (Å²) in [6, 6.07) is 4.31. The van der Waals surface area contributed by atoms with Crippen molar-refractivity contribution in [2.45, 2.75) is 18.8 Å². The number of nitrogens with one attached hydrogen (secondary N) is 1. The summed E-state index contributed by atoms with van der Waals surface area (Å²) >= 11 is 6.62. The van der Waals surface area contributed by atoms with Gasteiger partial charge in [-0.25, -0.2) is 9.37 Å². The van der Waals surface area contributed by atoms with Crippen LogP contribution in [-0.4, -0.2) is 9.97 Å². The van der Waals surface area contributed by atoms with E-state index in [2.05, 4.69) is 41.8 Å². The molecule has 0 aliphatic heterocycles. The normalized spacial score (nSPS) is 14.7. The van der Waals surface area contributed by atoms with Crippen LogP contribution in [0.2, 0.25) is 0 Å². The predicted molar refractivity (Wildman–Crippen MR) is 77.6 cm³/mol. The molecule has 1 fully saturated rings. The van der Waals surface area contributed by atoms with Gasteiger partial charge >= 0.3 is 0 Å². The minimum Gasteiger partial charge on any atom is -0.305 e. The van der Waals surface area contributed by atoms with Gasteiger partial charge in [0.15, 0.2) is 0 Å². The van der Waals surface area contributed by atoms with Crippen LogP contribution in [0.25, 0.3) is 11.4 Å². The van der Waals surface area contributed by atoms with Gasteiger partial charge in [-0.15, -0.1) is 0 Å². The van der Waals surface area contributed by atoms with Crippen molar-refractivity contribution in [2.75, 3.05) is 0 Å². The molecule has 1 aliphatic carbocycles. The number of rotatable bonds is 2. The van der Waals surface area contributed by atoms with Crippen molar-refractivity contribution in [3.05, 3.63) is 49.0 Å². The van der Waals surface area contributed by atoms with Crippen molar-refractivity contribution in [1.29, 1.82) is 0 Å². The van der Waals surface area contributed by atoms with E-state index in [1.165, 1.54) is 12.1 Å². The number of H-pyrrole nitrogens is 1. The molecule has 1 saturated carbocycles. The van der Waals surface area contributed by atoms with Crippen molar-refractivity contribution in [1.82, 2.24) is 9.97 Å². The second-order valence-electron chi connectivity index (χ2n) is 4.51. The van der Waals surface area contributed by atoms with Crippen LogP contribution in [0.4, 0.5) is 4.39 Å². The van der Waals surface area contributed by atoms with E-state index in [-0.39, 0.29) is 11.4 Å². The quantitative estimate of drug-likeness (QED) is 0.847. The highest BCUT2D eigenvalue weighted by Crippen LogP contribution is 2.41. The maximum atomic E-state index is 13.3. The summed E-state index contributed by atoms with van der Waals surface area (Å²) in [5.41, 5.74) is 1.07. The van der Waals surface area contributed by atoms with Crippen LogP contribution in [0.3, 0.4) is 0 Å². The lowest BCUT2D eigenvalue weighted by Crippen LogP contribution is -2.13. The standard InChI is InChI=1S/C13H9Br2FN2O/c14-9-4-3-7(16)5-8(9)12-17-11(6-1-2-6)10(15)13(19)18-12/h3-6H,1-2H2,(H,17,18,19). The summed E-state index contributed by atoms with van der Waals surface area (Å²) in [6.45, 7) is 0. The summed E-state index contributed by atoms with van der Waals surface area (Å²) in [6.07, 6.45) is 2.08. The van der Waals surface area contributed by atoms with Gasteiger partial charge in [0, 0.05) is 16.0 Å². The van der Waals surface area contributed by atoms with Gasteiger partial charge < -0.3 is 4.98 Å². The first-order chi connectivity index (χ1) is 9.06. The van der Waals surface area contributed by atoms with Crippen LogP contribution in [0.15, 0.2) is 31.9 Å². The number of halogens is 3. The van der Waals surface area contributed by atoms with Gasteiger partial charge in [0.2, 0.25) is 0 Å². The zero-order valence-electron chi connectivity index (χ0n) is 9.71. The fraction of sp³-hybridized carbons (Fsp3) is 0.231. The van der Waals surface area contributed by atoms with Crippen LogP contribution in [0, 0.1) is 5.82 Å². The first-order valence-electron chi connectivity index (χ1n) is 5.81. The first-order valence-corrected chi connectivity index (χ1v) is 7.40. The first kappa shape index (κ1) is 13.0. The van der Waals surface area contributed by atoms with Crippen LogP contribution in [0.1, 0.15) is 24.5 Å². The third-order valence-electron chi connectivity index (χ3n) is 3.04.